The van der Waals surface area contributed by atoms with E-state index >= 15 is 0 Å². The van der Waals surface area contributed by atoms with E-state index in [9.17, 15) is 0 Å². The molecule has 0 amide bonds. The molecule has 2 rings (SSSR count). The van der Waals surface area contributed by atoms with Crippen molar-refractivity contribution in [3.63, 3.8) is 0 Å². The van der Waals surface area contributed by atoms with Crippen LogP contribution in [0.15, 0.2) is 47.6 Å². The zero-order chi connectivity index (χ0) is 14.3. The molecule has 0 saturated heterocycles. The zero-order valence-electron chi connectivity index (χ0n) is 12.2. The Labute approximate surface area is 120 Å². The zero-order valence-corrected chi connectivity index (χ0v) is 13.0. The summed E-state index contributed by atoms with van der Waals surface area (Å²) in [5.74, 6) is 0. The van der Waals surface area contributed by atoms with Crippen molar-refractivity contribution in [2.24, 2.45) is 11.5 Å². The van der Waals surface area contributed by atoms with Gasteiger partial charge in [-0.2, -0.15) is 0 Å². The lowest BCUT2D eigenvalue weighted by Crippen LogP contribution is -2.52. The van der Waals surface area contributed by atoms with Crippen molar-refractivity contribution in [3.8, 4) is 0 Å². The minimum atomic E-state index is -0.318. The van der Waals surface area contributed by atoms with Crippen LogP contribution in [0.25, 0.3) is 0 Å². The third kappa shape index (κ3) is 2.88. The summed E-state index contributed by atoms with van der Waals surface area (Å²) >= 11 is 1.88. The van der Waals surface area contributed by atoms with Gasteiger partial charge < -0.3 is 11.5 Å². The average molecular weight is 276 g/mol. The predicted molar refractivity (Wildman–Crippen MR) is 86.1 cm³/mol. The van der Waals surface area contributed by atoms with Gasteiger partial charge in [0.25, 0.3) is 0 Å². The normalized spacial score (nSPS) is 42.0. The summed E-state index contributed by atoms with van der Waals surface area (Å²) in [6, 6.07) is 0. The quantitative estimate of drug-likeness (QED) is 0.815. The number of hydrogen-bond donors (Lipinski definition) is 2. The molecule has 104 valence electrons. The fourth-order valence-corrected chi connectivity index (χ4v) is 4.39. The number of rotatable bonds is 2. The number of hydrogen-bond acceptors (Lipinski definition) is 3. The molecule has 4 atom stereocenters. The lowest BCUT2D eigenvalue weighted by atomic mass is 9.88. The molecule has 0 saturated carbocycles. The Morgan fingerprint density at radius 3 is 1.58 bits per heavy atom. The second kappa shape index (κ2) is 4.97. The molecule has 0 aromatic rings. The number of thioether (sulfide) groups is 1. The van der Waals surface area contributed by atoms with Crippen LogP contribution in [-0.2, 0) is 0 Å². The molecule has 0 bridgehead atoms. The lowest BCUT2D eigenvalue weighted by Gasteiger charge is -2.41. The van der Waals surface area contributed by atoms with Crippen LogP contribution in [0, 0.1) is 0 Å². The SMILES string of the molecule is CC1=CC=CC(C)(N)C1SC1C(C)=CC=CC1(C)N. The predicted octanol–water partition coefficient (Wildman–Crippen LogP) is 2.92. The summed E-state index contributed by atoms with van der Waals surface area (Å²) in [7, 11) is 0. The van der Waals surface area contributed by atoms with Gasteiger partial charge in [0.2, 0.25) is 0 Å². The Balaban J connectivity index is 2.25. The fourth-order valence-electron chi connectivity index (χ4n) is 2.79. The maximum absolute atomic E-state index is 6.44. The van der Waals surface area contributed by atoms with E-state index in [1.54, 1.807) is 0 Å². The maximum atomic E-state index is 6.44. The van der Waals surface area contributed by atoms with Crippen LogP contribution in [0.1, 0.15) is 27.7 Å². The highest BCUT2D eigenvalue weighted by molar-refractivity contribution is 8.01. The first-order valence-corrected chi connectivity index (χ1v) is 7.63. The Hall–Kier alpha value is -0.770. The molecule has 0 radical (unpaired) electrons. The minimum absolute atomic E-state index is 0.264. The minimum Gasteiger partial charge on any atom is -0.321 e. The molecule has 0 aliphatic heterocycles. The van der Waals surface area contributed by atoms with E-state index in [1.165, 1.54) is 11.1 Å². The standard InChI is InChI=1S/C16H24N2S/c1-11-7-5-9-15(3,17)13(11)19-14-12(2)8-6-10-16(14,4)18/h5-10,13-14H,17-18H2,1-4H3. The van der Waals surface area contributed by atoms with Crippen LogP contribution in [0.3, 0.4) is 0 Å². The summed E-state index contributed by atoms with van der Waals surface area (Å²) in [5, 5.41) is 0.528. The highest BCUT2D eigenvalue weighted by Crippen LogP contribution is 2.41. The van der Waals surface area contributed by atoms with Crippen molar-refractivity contribution >= 4 is 11.8 Å². The molecule has 2 nitrogen and oxygen atoms in total. The number of allylic oxidation sites excluding steroid dienone is 4. The second-order valence-electron chi connectivity index (χ2n) is 6.17. The van der Waals surface area contributed by atoms with Gasteiger partial charge in [0.15, 0.2) is 0 Å². The average Bonchev–Trinajstić information content (AvgIpc) is 2.25. The van der Waals surface area contributed by atoms with Crippen LogP contribution in [-0.4, -0.2) is 21.6 Å². The van der Waals surface area contributed by atoms with Crippen molar-refractivity contribution in [1.82, 2.24) is 0 Å². The first-order chi connectivity index (χ1) is 8.74. The Kier molecular flexibility index (Phi) is 3.83. The van der Waals surface area contributed by atoms with Gasteiger partial charge in [-0.25, -0.2) is 0 Å². The molecule has 3 heteroatoms. The first-order valence-electron chi connectivity index (χ1n) is 6.69. The maximum Gasteiger partial charge on any atom is 0.0477 e. The fraction of sp³-hybridized carbons (Fsp3) is 0.500. The summed E-state index contributed by atoms with van der Waals surface area (Å²) < 4.78 is 0. The second-order valence-corrected chi connectivity index (χ2v) is 7.38. The molecule has 0 aromatic heterocycles. The van der Waals surface area contributed by atoms with E-state index in [4.69, 9.17) is 11.5 Å². The third-order valence-electron chi connectivity index (χ3n) is 3.86. The van der Waals surface area contributed by atoms with Gasteiger partial charge in [-0.3, -0.25) is 0 Å². The van der Waals surface area contributed by atoms with Crippen LogP contribution in [0.2, 0.25) is 0 Å². The highest BCUT2D eigenvalue weighted by atomic mass is 32.2. The summed E-state index contributed by atoms with van der Waals surface area (Å²) in [4.78, 5) is 0. The molecule has 4 N–H and O–H groups in total. The van der Waals surface area contributed by atoms with E-state index in [2.05, 4.69) is 64.2 Å². The van der Waals surface area contributed by atoms with E-state index < -0.39 is 0 Å². The molecular formula is C16H24N2S. The number of nitrogens with two attached hydrogens (primary N) is 2. The van der Waals surface area contributed by atoms with E-state index in [0.29, 0.717) is 0 Å². The topological polar surface area (TPSA) is 52.0 Å². The summed E-state index contributed by atoms with van der Waals surface area (Å²) in [6.45, 7) is 8.47. The molecule has 19 heavy (non-hydrogen) atoms. The van der Waals surface area contributed by atoms with Crippen molar-refractivity contribution in [2.75, 3.05) is 0 Å². The van der Waals surface area contributed by atoms with Gasteiger partial charge in [-0.1, -0.05) is 47.6 Å². The van der Waals surface area contributed by atoms with Crippen LogP contribution in [0.5, 0.6) is 0 Å². The first kappa shape index (κ1) is 14.6. The van der Waals surface area contributed by atoms with Gasteiger partial charge in [0.05, 0.1) is 0 Å². The van der Waals surface area contributed by atoms with Crippen molar-refractivity contribution in [1.29, 1.82) is 0 Å². The molecule has 0 spiro atoms. The van der Waals surface area contributed by atoms with Gasteiger partial charge in [-0.05, 0) is 27.7 Å². The van der Waals surface area contributed by atoms with Crippen LogP contribution < -0.4 is 11.5 Å². The third-order valence-corrected chi connectivity index (χ3v) is 6.16. The van der Waals surface area contributed by atoms with E-state index in [-0.39, 0.29) is 21.6 Å². The van der Waals surface area contributed by atoms with E-state index in [1.807, 2.05) is 11.8 Å². The van der Waals surface area contributed by atoms with Gasteiger partial charge in [-0.15, -0.1) is 11.8 Å². The summed E-state index contributed by atoms with van der Waals surface area (Å²) in [5.41, 5.74) is 14.9. The van der Waals surface area contributed by atoms with Crippen LogP contribution >= 0.6 is 11.8 Å². The molecule has 4 unspecified atom stereocenters. The Morgan fingerprint density at radius 2 is 1.26 bits per heavy atom. The molecule has 0 fully saturated rings. The largest absolute Gasteiger partial charge is 0.321 e. The smallest absolute Gasteiger partial charge is 0.0477 e. The molecule has 2 aliphatic rings. The lowest BCUT2D eigenvalue weighted by molar-refractivity contribution is 0.561. The van der Waals surface area contributed by atoms with Crippen molar-refractivity contribution in [2.45, 2.75) is 49.3 Å². The molecular weight excluding hydrogens is 252 g/mol. The Bertz CT molecular complexity index is 437. The molecule has 0 aromatic carbocycles. The Morgan fingerprint density at radius 1 is 0.895 bits per heavy atom. The van der Waals surface area contributed by atoms with Crippen LogP contribution in [0.4, 0.5) is 0 Å². The molecule has 0 heterocycles. The van der Waals surface area contributed by atoms with E-state index in [0.717, 1.165) is 0 Å². The van der Waals surface area contributed by atoms with Crippen molar-refractivity contribution < 1.29 is 0 Å². The monoisotopic (exact) mass is 276 g/mol. The van der Waals surface area contributed by atoms with Crippen molar-refractivity contribution in [3.05, 3.63) is 47.6 Å². The molecule has 2 aliphatic carbocycles. The highest BCUT2D eigenvalue weighted by Gasteiger charge is 2.39. The van der Waals surface area contributed by atoms with Gasteiger partial charge in [0, 0.05) is 21.6 Å². The van der Waals surface area contributed by atoms with Gasteiger partial charge in [0.1, 0.15) is 0 Å². The summed E-state index contributed by atoms with van der Waals surface area (Å²) in [6.07, 6.45) is 12.6. The van der Waals surface area contributed by atoms with Gasteiger partial charge >= 0.3 is 0 Å².